The third kappa shape index (κ3) is 11.9. The van der Waals surface area contributed by atoms with E-state index in [1.54, 1.807) is 24.0 Å². The molecule has 0 aliphatic rings. The maximum Gasteiger partial charge on any atom is 0.410 e. The van der Waals surface area contributed by atoms with Crippen LogP contribution in [0, 0.1) is 0 Å². The third-order valence-electron chi connectivity index (χ3n) is 4.61. The number of carbonyl (C=O) groups is 2. The van der Waals surface area contributed by atoms with Crippen LogP contribution in [-0.2, 0) is 25.4 Å². The number of carboxylic acid groups (broad SMARTS) is 1. The molecule has 0 aliphatic carbocycles. The van der Waals surface area contributed by atoms with Crippen molar-refractivity contribution in [1.82, 2.24) is 4.90 Å². The number of benzene rings is 1. The van der Waals surface area contributed by atoms with E-state index in [1.165, 1.54) is 0 Å². The maximum absolute atomic E-state index is 12.4. The van der Waals surface area contributed by atoms with Crippen molar-refractivity contribution < 1.29 is 33.6 Å². The monoisotopic (exact) mass is 453 g/mol. The van der Waals surface area contributed by atoms with E-state index in [0.29, 0.717) is 45.3 Å². The van der Waals surface area contributed by atoms with Crippen LogP contribution < -0.4 is 4.74 Å². The molecule has 1 amide bonds. The highest BCUT2D eigenvalue weighted by molar-refractivity contribution is 5.72. The van der Waals surface area contributed by atoms with E-state index in [-0.39, 0.29) is 18.6 Å². The van der Waals surface area contributed by atoms with Gasteiger partial charge in [0.05, 0.1) is 19.3 Å². The smallest absolute Gasteiger partial charge is 0.410 e. The van der Waals surface area contributed by atoms with E-state index in [4.69, 9.17) is 18.9 Å². The van der Waals surface area contributed by atoms with Gasteiger partial charge in [-0.1, -0.05) is 31.9 Å². The summed E-state index contributed by atoms with van der Waals surface area (Å²) < 4.78 is 22.0. The average molecular weight is 454 g/mol. The van der Waals surface area contributed by atoms with Gasteiger partial charge in [-0.25, -0.2) is 9.59 Å². The summed E-state index contributed by atoms with van der Waals surface area (Å²) in [4.78, 5) is 25.2. The van der Waals surface area contributed by atoms with Gasteiger partial charge in [-0.15, -0.1) is 0 Å². The van der Waals surface area contributed by atoms with E-state index < -0.39 is 12.1 Å². The molecule has 1 N–H and O–H groups in total. The third-order valence-corrected chi connectivity index (χ3v) is 4.61. The minimum absolute atomic E-state index is 0.199. The molecule has 0 radical (unpaired) electrons. The summed E-state index contributed by atoms with van der Waals surface area (Å²) in [7, 11) is 0. The molecule has 8 heteroatoms. The summed E-state index contributed by atoms with van der Waals surface area (Å²) in [5, 5.41) is 9.20. The van der Waals surface area contributed by atoms with Crippen molar-refractivity contribution in [1.29, 1.82) is 0 Å². The predicted molar refractivity (Wildman–Crippen MR) is 122 cm³/mol. The largest absolute Gasteiger partial charge is 0.492 e. The highest BCUT2D eigenvalue weighted by atomic mass is 16.6. The number of amides is 1. The zero-order valence-electron chi connectivity index (χ0n) is 19.9. The van der Waals surface area contributed by atoms with Crippen LogP contribution >= 0.6 is 0 Å². The number of carboxylic acids is 1. The van der Waals surface area contributed by atoms with Gasteiger partial charge in [0.25, 0.3) is 0 Å². The Hall–Kier alpha value is -2.32. The summed E-state index contributed by atoms with van der Waals surface area (Å²) in [5.74, 6) is -0.333. The number of ether oxygens (including phenoxy) is 4. The summed E-state index contributed by atoms with van der Waals surface area (Å²) in [6.45, 7) is 10.1. The molecule has 0 aliphatic heterocycles. The summed E-state index contributed by atoms with van der Waals surface area (Å²) in [6, 6.07) is 7.21. The van der Waals surface area contributed by atoms with Crippen molar-refractivity contribution in [2.45, 2.75) is 65.6 Å². The quantitative estimate of drug-likeness (QED) is 0.354. The van der Waals surface area contributed by atoms with Gasteiger partial charge in [0.15, 0.2) is 6.10 Å². The van der Waals surface area contributed by atoms with Crippen molar-refractivity contribution in [3.63, 3.8) is 0 Å². The number of carbonyl (C=O) groups excluding carboxylic acids is 1. The zero-order chi connectivity index (χ0) is 23.8. The molecule has 182 valence electrons. The van der Waals surface area contributed by atoms with Crippen molar-refractivity contribution >= 4 is 12.1 Å². The van der Waals surface area contributed by atoms with Crippen LogP contribution in [-0.4, -0.2) is 73.8 Å². The number of unbranched alkanes of at least 4 members (excludes halogenated alkanes) is 2. The van der Waals surface area contributed by atoms with E-state index in [9.17, 15) is 14.7 Å². The Morgan fingerprint density at radius 2 is 1.69 bits per heavy atom. The number of nitrogens with zero attached hydrogens (tertiary/aromatic N) is 1. The second-order valence-corrected chi connectivity index (χ2v) is 7.72. The van der Waals surface area contributed by atoms with E-state index in [1.807, 2.05) is 26.0 Å². The van der Waals surface area contributed by atoms with Crippen LogP contribution in [0.5, 0.6) is 5.75 Å². The standard InChI is InChI=1S/C24H39NO7/c1-5-7-8-15-29-16-13-25(24(28)32-19(3)4)14-17-31-21-11-9-20(10-12-21)18-22(23(26)27)30-6-2/h9-12,19,22H,5-8,13-18H2,1-4H3,(H,26,27). The molecular formula is C24H39NO7. The van der Waals surface area contributed by atoms with Gasteiger partial charge in [-0.05, 0) is 44.9 Å². The van der Waals surface area contributed by atoms with Crippen LogP contribution in [0.2, 0.25) is 0 Å². The fourth-order valence-corrected chi connectivity index (χ4v) is 2.93. The van der Waals surface area contributed by atoms with Crippen molar-refractivity contribution in [3.8, 4) is 5.75 Å². The Morgan fingerprint density at radius 1 is 1.00 bits per heavy atom. The number of hydrogen-bond donors (Lipinski definition) is 1. The molecule has 0 fully saturated rings. The Labute approximate surface area is 191 Å². The second-order valence-electron chi connectivity index (χ2n) is 7.72. The summed E-state index contributed by atoms with van der Waals surface area (Å²) in [5.41, 5.74) is 0.848. The normalized spacial score (nSPS) is 11.9. The fraction of sp³-hybridized carbons (Fsp3) is 0.667. The van der Waals surface area contributed by atoms with Gasteiger partial charge in [0.1, 0.15) is 12.4 Å². The Kier molecular flexibility index (Phi) is 14.1. The first-order valence-corrected chi connectivity index (χ1v) is 11.5. The molecule has 1 aromatic rings. The Morgan fingerprint density at radius 3 is 2.28 bits per heavy atom. The lowest BCUT2D eigenvalue weighted by atomic mass is 10.1. The van der Waals surface area contributed by atoms with Gasteiger partial charge in [0, 0.05) is 26.2 Å². The molecule has 0 heterocycles. The molecule has 0 bridgehead atoms. The summed E-state index contributed by atoms with van der Waals surface area (Å²) in [6.07, 6.45) is 2.13. The minimum Gasteiger partial charge on any atom is -0.492 e. The lowest BCUT2D eigenvalue weighted by Crippen LogP contribution is -2.38. The first kappa shape index (κ1) is 27.7. The maximum atomic E-state index is 12.4. The minimum atomic E-state index is -0.977. The van der Waals surface area contributed by atoms with Crippen molar-refractivity contribution in [2.24, 2.45) is 0 Å². The van der Waals surface area contributed by atoms with Gasteiger partial charge in [-0.2, -0.15) is 0 Å². The number of rotatable bonds is 17. The fourth-order valence-electron chi connectivity index (χ4n) is 2.93. The van der Waals surface area contributed by atoms with Crippen LogP contribution in [0.1, 0.15) is 52.5 Å². The molecule has 1 unspecified atom stereocenters. The van der Waals surface area contributed by atoms with E-state index in [2.05, 4.69) is 6.92 Å². The average Bonchev–Trinajstić information content (AvgIpc) is 2.75. The lowest BCUT2D eigenvalue weighted by Gasteiger charge is -2.23. The highest BCUT2D eigenvalue weighted by Crippen LogP contribution is 2.15. The SMILES string of the molecule is CCCCCOCCN(CCOc1ccc(CC(OCC)C(=O)O)cc1)C(=O)OC(C)C. The zero-order valence-corrected chi connectivity index (χ0v) is 19.9. The number of hydrogen-bond acceptors (Lipinski definition) is 6. The summed E-state index contributed by atoms with van der Waals surface area (Å²) >= 11 is 0. The number of aliphatic carboxylic acids is 1. The van der Waals surface area contributed by atoms with Gasteiger partial charge < -0.3 is 29.0 Å². The Balaban J connectivity index is 2.51. The molecule has 32 heavy (non-hydrogen) atoms. The van der Waals surface area contributed by atoms with Gasteiger partial charge in [0.2, 0.25) is 0 Å². The molecule has 1 aromatic carbocycles. The van der Waals surface area contributed by atoms with Crippen LogP contribution in [0.4, 0.5) is 4.79 Å². The molecule has 0 spiro atoms. The molecule has 0 saturated heterocycles. The second kappa shape index (κ2) is 16.3. The topological polar surface area (TPSA) is 94.5 Å². The van der Waals surface area contributed by atoms with Crippen molar-refractivity contribution in [2.75, 3.05) is 39.5 Å². The van der Waals surface area contributed by atoms with Crippen LogP contribution in [0.25, 0.3) is 0 Å². The Bertz CT molecular complexity index is 648. The van der Waals surface area contributed by atoms with Crippen LogP contribution in [0.15, 0.2) is 24.3 Å². The van der Waals surface area contributed by atoms with Crippen LogP contribution in [0.3, 0.4) is 0 Å². The molecule has 0 saturated carbocycles. The van der Waals surface area contributed by atoms with E-state index in [0.717, 1.165) is 24.8 Å². The first-order chi connectivity index (χ1) is 15.4. The van der Waals surface area contributed by atoms with Gasteiger partial charge >= 0.3 is 12.1 Å². The predicted octanol–water partition coefficient (Wildman–Crippen LogP) is 4.15. The molecule has 0 aromatic heterocycles. The first-order valence-electron chi connectivity index (χ1n) is 11.5. The van der Waals surface area contributed by atoms with Crippen molar-refractivity contribution in [3.05, 3.63) is 29.8 Å². The lowest BCUT2D eigenvalue weighted by molar-refractivity contribution is -0.149. The molecule has 8 nitrogen and oxygen atoms in total. The highest BCUT2D eigenvalue weighted by Gasteiger charge is 2.18. The van der Waals surface area contributed by atoms with E-state index >= 15 is 0 Å². The van der Waals surface area contributed by atoms with Gasteiger partial charge in [-0.3, -0.25) is 0 Å². The molecule has 1 rings (SSSR count). The molecule has 1 atom stereocenters. The molecular weight excluding hydrogens is 414 g/mol.